The van der Waals surface area contributed by atoms with Gasteiger partial charge in [0.05, 0.1) is 29.1 Å². The molecule has 2 heterocycles. The van der Waals surface area contributed by atoms with Crippen LogP contribution >= 0.6 is 0 Å². The molecular weight excluding hydrogens is 204 g/mol. The number of aromatic nitrogens is 4. The Morgan fingerprint density at radius 3 is 2.88 bits per heavy atom. The van der Waals surface area contributed by atoms with Crippen molar-refractivity contribution in [1.29, 1.82) is 0 Å². The van der Waals surface area contributed by atoms with E-state index >= 15 is 0 Å². The Bertz CT molecular complexity index is 634. The van der Waals surface area contributed by atoms with E-state index in [1.165, 1.54) is 0 Å². The highest BCUT2D eigenvalue weighted by molar-refractivity contribution is 5.78. The van der Waals surface area contributed by atoms with Gasteiger partial charge in [-0.05, 0) is 12.1 Å². The summed E-state index contributed by atoms with van der Waals surface area (Å²) in [6.07, 6.45) is 5.11. The molecule has 0 saturated carbocycles. The molecule has 5 heteroatoms. The third-order valence-corrected chi connectivity index (χ3v) is 2.32. The number of aromatic amines is 1. The lowest BCUT2D eigenvalue weighted by Crippen LogP contribution is -1.87. The number of H-pyrrole nitrogens is 1. The summed E-state index contributed by atoms with van der Waals surface area (Å²) >= 11 is 0. The smallest absolute Gasteiger partial charge is 0.117 e. The standard InChI is InChI=1S/C11H8N4O/c16-8-1-2-9-10(3-8)15-11(6-12-9)7-4-13-14-5-7/h1-6,16H,(H,13,14). The van der Waals surface area contributed by atoms with E-state index in [2.05, 4.69) is 20.2 Å². The zero-order chi connectivity index (χ0) is 11.0. The van der Waals surface area contributed by atoms with E-state index in [4.69, 9.17) is 0 Å². The molecule has 5 nitrogen and oxygen atoms in total. The molecule has 1 aromatic carbocycles. The number of rotatable bonds is 1. The second-order valence-electron chi connectivity index (χ2n) is 3.42. The van der Waals surface area contributed by atoms with Crippen LogP contribution in [0.15, 0.2) is 36.8 Å². The molecule has 0 aliphatic heterocycles. The van der Waals surface area contributed by atoms with E-state index in [-0.39, 0.29) is 5.75 Å². The molecule has 78 valence electrons. The average molecular weight is 212 g/mol. The minimum atomic E-state index is 0.186. The van der Waals surface area contributed by atoms with Gasteiger partial charge in [-0.25, -0.2) is 4.98 Å². The molecule has 0 unspecified atom stereocenters. The van der Waals surface area contributed by atoms with Gasteiger partial charge in [0.1, 0.15) is 5.75 Å². The maximum Gasteiger partial charge on any atom is 0.117 e. The van der Waals surface area contributed by atoms with Crippen LogP contribution in [0.1, 0.15) is 0 Å². The molecule has 0 amide bonds. The number of benzene rings is 1. The minimum absolute atomic E-state index is 0.186. The number of hydrogen-bond acceptors (Lipinski definition) is 4. The molecule has 0 aliphatic rings. The quantitative estimate of drug-likeness (QED) is 0.644. The number of hydrogen-bond donors (Lipinski definition) is 2. The number of nitrogens with zero attached hydrogens (tertiary/aromatic N) is 3. The topological polar surface area (TPSA) is 74.7 Å². The van der Waals surface area contributed by atoms with Gasteiger partial charge in [-0.15, -0.1) is 0 Å². The Morgan fingerprint density at radius 1 is 1.12 bits per heavy atom. The van der Waals surface area contributed by atoms with Gasteiger partial charge >= 0.3 is 0 Å². The van der Waals surface area contributed by atoms with Gasteiger partial charge < -0.3 is 5.11 Å². The fraction of sp³-hybridized carbons (Fsp3) is 0. The predicted molar refractivity (Wildman–Crippen MR) is 58.8 cm³/mol. The van der Waals surface area contributed by atoms with Crippen LogP contribution in [0, 0.1) is 0 Å². The van der Waals surface area contributed by atoms with Crippen LogP contribution in [0.5, 0.6) is 5.75 Å². The lowest BCUT2D eigenvalue weighted by molar-refractivity contribution is 0.476. The summed E-state index contributed by atoms with van der Waals surface area (Å²) < 4.78 is 0. The summed E-state index contributed by atoms with van der Waals surface area (Å²) in [6.45, 7) is 0. The second kappa shape index (κ2) is 3.30. The van der Waals surface area contributed by atoms with Crippen LogP contribution in [0.25, 0.3) is 22.3 Å². The molecule has 0 atom stereocenters. The van der Waals surface area contributed by atoms with E-state index in [1.807, 2.05) is 0 Å². The first-order valence-corrected chi connectivity index (χ1v) is 4.78. The number of phenols is 1. The van der Waals surface area contributed by atoms with Gasteiger partial charge in [0.15, 0.2) is 0 Å². The van der Waals surface area contributed by atoms with Crippen LogP contribution in [0.4, 0.5) is 0 Å². The fourth-order valence-electron chi connectivity index (χ4n) is 1.53. The summed E-state index contributed by atoms with van der Waals surface area (Å²) in [4.78, 5) is 8.66. The van der Waals surface area contributed by atoms with Gasteiger partial charge in [0.25, 0.3) is 0 Å². The third-order valence-electron chi connectivity index (χ3n) is 2.32. The number of nitrogens with one attached hydrogen (secondary N) is 1. The maximum absolute atomic E-state index is 9.37. The molecule has 2 N–H and O–H groups in total. The SMILES string of the molecule is Oc1ccc2ncc(-c3cn[nH]c3)nc2c1. The van der Waals surface area contributed by atoms with Gasteiger partial charge in [-0.3, -0.25) is 10.1 Å². The summed E-state index contributed by atoms with van der Waals surface area (Å²) in [5.41, 5.74) is 3.02. The minimum Gasteiger partial charge on any atom is -0.508 e. The van der Waals surface area contributed by atoms with E-state index in [1.54, 1.807) is 36.8 Å². The summed E-state index contributed by atoms with van der Waals surface area (Å²) in [5, 5.41) is 15.9. The molecule has 0 aliphatic carbocycles. The van der Waals surface area contributed by atoms with Crippen LogP contribution in [0.2, 0.25) is 0 Å². The third kappa shape index (κ3) is 1.38. The van der Waals surface area contributed by atoms with Crippen LogP contribution in [-0.4, -0.2) is 25.3 Å². The summed E-state index contributed by atoms with van der Waals surface area (Å²) in [5.74, 6) is 0.186. The number of phenolic OH excluding ortho intramolecular Hbond substituents is 1. The van der Waals surface area contributed by atoms with Crippen LogP contribution in [0.3, 0.4) is 0 Å². The van der Waals surface area contributed by atoms with Crippen LogP contribution in [-0.2, 0) is 0 Å². The van der Waals surface area contributed by atoms with E-state index < -0.39 is 0 Å². The first-order chi connectivity index (χ1) is 7.83. The van der Waals surface area contributed by atoms with Crippen molar-refractivity contribution in [2.45, 2.75) is 0 Å². The lowest BCUT2D eigenvalue weighted by atomic mass is 10.2. The van der Waals surface area contributed by atoms with Gasteiger partial charge in [0.2, 0.25) is 0 Å². The van der Waals surface area contributed by atoms with Gasteiger partial charge in [-0.1, -0.05) is 0 Å². The predicted octanol–water partition coefficient (Wildman–Crippen LogP) is 1.73. The van der Waals surface area contributed by atoms with Crippen molar-refractivity contribution in [3.63, 3.8) is 0 Å². The Labute approximate surface area is 90.8 Å². The van der Waals surface area contributed by atoms with Crippen molar-refractivity contribution in [3.8, 4) is 17.0 Å². The monoisotopic (exact) mass is 212 g/mol. The second-order valence-corrected chi connectivity index (χ2v) is 3.42. The number of aromatic hydroxyl groups is 1. The Balaban J connectivity index is 2.22. The first kappa shape index (κ1) is 8.84. The largest absolute Gasteiger partial charge is 0.508 e. The molecule has 3 aromatic rings. The Morgan fingerprint density at radius 2 is 2.06 bits per heavy atom. The molecular formula is C11H8N4O. The highest BCUT2D eigenvalue weighted by Gasteiger charge is 2.03. The molecule has 0 spiro atoms. The molecule has 0 saturated heterocycles. The molecule has 0 radical (unpaired) electrons. The summed E-state index contributed by atoms with van der Waals surface area (Å²) in [7, 11) is 0. The Hall–Kier alpha value is -2.43. The molecule has 2 aromatic heterocycles. The maximum atomic E-state index is 9.37. The van der Waals surface area contributed by atoms with Crippen molar-refractivity contribution in [3.05, 3.63) is 36.8 Å². The molecule has 3 rings (SSSR count). The lowest BCUT2D eigenvalue weighted by Gasteiger charge is -2.00. The zero-order valence-electron chi connectivity index (χ0n) is 8.25. The molecule has 0 bridgehead atoms. The molecule has 16 heavy (non-hydrogen) atoms. The van der Waals surface area contributed by atoms with Crippen molar-refractivity contribution in [2.75, 3.05) is 0 Å². The Kier molecular flexibility index (Phi) is 1.83. The average Bonchev–Trinajstić information content (AvgIpc) is 2.81. The molecule has 0 fully saturated rings. The van der Waals surface area contributed by atoms with Crippen molar-refractivity contribution < 1.29 is 5.11 Å². The van der Waals surface area contributed by atoms with E-state index in [0.717, 1.165) is 16.8 Å². The zero-order valence-corrected chi connectivity index (χ0v) is 8.25. The van der Waals surface area contributed by atoms with Crippen molar-refractivity contribution >= 4 is 11.0 Å². The van der Waals surface area contributed by atoms with E-state index in [0.29, 0.717) is 5.52 Å². The number of fused-ring (bicyclic) bond motifs is 1. The van der Waals surface area contributed by atoms with Gasteiger partial charge in [-0.2, -0.15) is 5.10 Å². The fourth-order valence-corrected chi connectivity index (χ4v) is 1.53. The highest BCUT2D eigenvalue weighted by atomic mass is 16.3. The first-order valence-electron chi connectivity index (χ1n) is 4.78. The van der Waals surface area contributed by atoms with Gasteiger partial charge in [0, 0.05) is 17.8 Å². The van der Waals surface area contributed by atoms with E-state index in [9.17, 15) is 5.11 Å². The normalized spacial score (nSPS) is 10.8. The van der Waals surface area contributed by atoms with Crippen molar-refractivity contribution in [1.82, 2.24) is 20.2 Å². The van der Waals surface area contributed by atoms with Crippen LogP contribution < -0.4 is 0 Å². The highest BCUT2D eigenvalue weighted by Crippen LogP contribution is 2.20. The van der Waals surface area contributed by atoms with Crippen molar-refractivity contribution in [2.24, 2.45) is 0 Å². The summed E-state index contributed by atoms with van der Waals surface area (Å²) in [6, 6.07) is 4.91.